The van der Waals surface area contributed by atoms with E-state index in [1.807, 2.05) is 0 Å². The van der Waals surface area contributed by atoms with Crippen molar-refractivity contribution >= 4 is 23.7 Å². The van der Waals surface area contributed by atoms with Crippen LogP contribution in [0.3, 0.4) is 0 Å². The molecule has 60 valence electrons. The molecule has 1 aromatic heterocycles. The summed E-state index contributed by atoms with van der Waals surface area (Å²) in [6.07, 6.45) is 0. The molecule has 0 amide bonds. The highest BCUT2D eigenvalue weighted by Crippen LogP contribution is 2.04. The van der Waals surface area contributed by atoms with Crippen LogP contribution in [0.25, 0.3) is 0 Å². The van der Waals surface area contributed by atoms with E-state index in [-0.39, 0.29) is 16.1 Å². The van der Waals surface area contributed by atoms with Crippen molar-refractivity contribution in [3.05, 3.63) is 15.1 Å². The lowest BCUT2D eigenvalue weighted by Gasteiger charge is -2.01. The second-order valence-electron chi connectivity index (χ2n) is 1.95. The number of nitrogens with one attached hydrogen (secondary N) is 3. The molecule has 0 aromatic carbocycles. The van der Waals surface area contributed by atoms with E-state index in [1.54, 1.807) is 7.05 Å². The van der Waals surface area contributed by atoms with E-state index in [4.69, 9.17) is 5.73 Å². The van der Waals surface area contributed by atoms with Gasteiger partial charge in [-0.15, -0.1) is 0 Å². The molecular weight excluding hydrogens is 164 g/mol. The monoisotopic (exact) mass is 172 g/mol. The zero-order chi connectivity index (χ0) is 8.43. The van der Waals surface area contributed by atoms with Crippen LogP contribution in [0.1, 0.15) is 0 Å². The molecule has 1 aromatic rings. The second kappa shape index (κ2) is 2.75. The predicted octanol–water partition coefficient (Wildman–Crippen LogP) is 0.0564. The van der Waals surface area contributed by atoms with Crippen LogP contribution >= 0.6 is 12.2 Å². The van der Waals surface area contributed by atoms with Crippen LogP contribution in [0.2, 0.25) is 0 Å². The van der Waals surface area contributed by atoms with E-state index in [1.165, 1.54) is 0 Å². The van der Waals surface area contributed by atoms with Crippen molar-refractivity contribution in [2.24, 2.45) is 0 Å². The van der Waals surface area contributed by atoms with Gasteiger partial charge in [0.2, 0.25) is 0 Å². The number of aromatic nitrogens is 2. The third-order valence-corrected chi connectivity index (χ3v) is 1.43. The van der Waals surface area contributed by atoms with Crippen molar-refractivity contribution in [2.45, 2.75) is 0 Å². The highest BCUT2D eigenvalue weighted by Gasteiger charge is 2.00. The molecule has 0 aliphatic carbocycles. The van der Waals surface area contributed by atoms with Gasteiger partial charge in [0.05, 0.1) is 0 Å². The zero-order valence-electron chi connectivity index (χ0n) is 5.89. The molecule has 6 heteroatoms. The largest absolute Gasteiger partial charge is 0.383 e. The summed E-state index contributed by atoms with van der Waals surface area (Å²) in [7, 11) is 1.61. The Kier molecular flexibility index (Phi) is 1.95. The second-order valence-corrected chi connectivity index (χ2v) is 2.36. The summed E-state index contributed by atoms with van der Waals surface area (Å²) < 4.78 is 0.228. The van der Waals surface area contributed by atoms with Crippen LogP contribution in [0.5, 0.6) is 0 Å². The molecule has 0 saturated carbocycles. The van der Waals surface area contributed by atoms with Crippen LogP contribution in [0.15, 0.2) is 4.79 Å². The Morgan fingerprint density at radius 1 is 1.55 bits per heavy atom. The minimum Gasteiger partial charge on any atom is -0.383 e. The molecule has 0 unspecified atom stereocenters. The highest BCUT2D eigenvalue weighted by atomic mass is 32.1. The molecule has 0 spiro atoms. The maximum Gasteiger partial charge on any atom is 0.277 e. The molecule has 11 heavy (non-hydrogen) atoms. The maximum atomic E-state index is 11.0. The lowest BCUT2D eigenvalue weighted by atomic mass is 10.5. The summed E-state index contributed by atoms with van der Waals surface area (Å²) in [4.78, 5) is 16.0. The van der Waals surface area contributed by atoms with Crippen molar-refractivity contribution in [3.63, 3.8) is 0 Å². The Morgan fingerprint density at radius 2 is 2.18 bits per heavy atom. The fraction of sp³-hybridized carbons (Fsp3) is 0.200. The normalized spacial score (nSPS) is 9.55. The Hall–Kier alpha value is -1.30. The lowest BCUT2D eigenvalue weighted by molar-refractivity contribution is 1.09. The molecule has 0 aliphatic heterocycles. The molecule has 5 nitrogen and oxygen atoms in total. The van der Waals surface area contributed by atoms with Crippen LogP contribution in [0.4, 0.5) is 11.5 Å². The van der Waals surface area contributed by atoms with Gasteiger partial charge in [0.15, 0.2) is 4.77 Å². The number of hydrogen-bond donors (Lipinski definition) is 4. The fourth-order valence-corrected chi connectivity index (χ4v) is 0.955. The molecule has 0 saturated heterocycles. The van der Waals surface area contributed by atoms with Gasteiger partial charge in [-0.25, -0.2) is 0 Å². The van der Waals surface area contributed by atoms with Gasteiger partial charge in [-0.05, 0) is 12.2 Å². The van der Waals surface area contributed by atoms with E-state index in [9.17, 15) is 4.79 Å². The predicted molar refractivity (Wildman–Crippen MR) is 46.2 cm³/mol. The fourth-order valence-electron chi connectivity index (χ4n) is 0.752. The Balaban J connectivity index is 3.49. The van der Waals surface area contributed by atoms with E-state index in [0.29, 0.717) is 5.69 Å². The van der Waals surface area contributed by atoms with Crippen molar-refractivity contribution in [1.82, 2.24) is 9.97 Å². The molecule has 0 bridgehead atoms. The summed E-state index contributed by atoms with van der Waals surface area (Å²) in [5, 5.41) is 2.64. The Morgan fingerprint density at radius 3 is 2.64 bits per heavy atom. The number of hydrogen-bond acceptors (Lipinski definition) is 4. The van der Waals surface area contributed by atoms with E-state index in [0.717, 1.165) is 0 Å². The van der Waals surface area contributed by atoms with Gasteiger partial charge in [-0.1, -0.05) is 0 Å². The minimum absolute atomic E-state index is 0.228. The van der Waals surface area contributed by atoms with Crippen molar-refractivity contribution < 1.29 is 0 Å². The van der Waals surface area contributed by atoms with Gasteiger partial charge in [0, 0.05) is 7.05 Å². The zero-order valence-corrected chi connectivity index (χ0v) is 6.71. The van der Waals surface area contributed by atoms with Crippen LogP contribution in [0, 0.1) is 4.77 Å². The first-order valence-electron chi connectivity index (χ1n) is 2.95. The molecule has 0 atom stereocenters. The summed E-state index contributed by atoms with van der Waals surface area (Å²) in [5.41, 5.74) is 5.42. The van der Waals surface area contributed by atoms with Crippen LogP contribution < -0.4 is 16.6 Å². The first-order valence-corrected chi connectivity index (χ1v) is 3.36. The quantitative estimate of drug-likeness (QED) is 0.451. The molecule has 0 aliphatic rings. The van der Waals surface area contributed by atoms with Crippen molar-refractivity contribution in [3.8, 4) is 0 Å². The van der Waals surface area contributed by atoms with Gasteiger partial charge >= 0.3 is 0 Å². The third kappa shape index (κ3) is 1.40. The lowest BCUT2D eigenvalue weighted by Crippen LogP contribution is -2.15. The van der Waals surface area contributed by atoms with Gasteiger partial charge < -0.3 is 16.0 Å². The molecule has 0 fully saturated rings. The van der Waals surface area contributed by atoms with Gasteiger partial charge in [0.25, 0.3) is 5.56 Å². The summed E-state index contributed by atoms with van der Waals surface area (Å²) in [6, 6.07) is 0. The smallest absolute Gasteiger partial charge is 0.277 e. The van der Waals surface area contributed by atoms with Gasteiger partial charge in [0.1, 0.15) is 11.5 Å². The van der Waals surface area contributed by atoms with Gasteiger partial charge in [-0.3, -0.25) is 9.78 Å². The number of aromatic amines is 2. The molecule has 0 radical (unpaired) electrons. The standard InChI is InChI=1S/C5H8N4OS/c1-7-2-3(6)8-5(11)9-4(2)10/h7H,1H3,(H4,6,8,9,10,11). The first kappa shape index (κ1) is 7.80. The average molecular weight is 172 g/mol. The molecular formula is C5H8N4OS. The van der Waals surface area contributed by atoms with E-state index >= 15 is 0 Å². The molecule has 1 heterocycles. The SMILES string of the molecule is CNc1c(N)[nH]c(=S)[nH]c1=O. The van der Waals surface area contributed by atoms with Gasteiger partial charge in [-0.2, -0.15) is 0 Å². The Bertz CT molecular complexity index is 365. The average Bonchev–Trinajstić information content (AvgIpc) is 1.85. The topological polar surface area (TPSA) is 86.7 Å². The van der Waals surface area contributed by atoms with E-state index in [2.05, 4.69) is 27.5 Å². The Labute approximate surface area is 67.6 Å². The summed E-state index contributed by atoms with van der Waals surface area (Å²) in [5.74, 6) is 0.251. The van der Waals surface area contributed by atoms with Crippen LogP contribution in [-0.2, 0) is 0 Å². The van der Waals surface area contributed by atoms with E-state index < -0.39 is 0 Å². The summed E-state index contributed by atoms with van der Waals surface area (Å²) in [6.45, 7) is 0. The van der Waals surface area contributed by atoms with Crippen LogP contribution in [-0.4, -0.2) is 17.0 Å². The third-order valence-electron chi connectivity index (χ3n) is 1.22. The summed E-state index contributed by atoms with van der Waals surface area (Å²) >= 11 is 4.68. The van der Waals surface area contributed by atoms with Crippen molar-refractivity contribution in [2.75, 3.05) is 18.1 Å². The minimum atomic E-state index is -0.311. The molecule has 1 rings (SSSR count). The number of rotatable bonds is 1. The van der Waals surface area contributed by atoms with Crippen molar-refractivity contribution in [1.29, 1.82) is 0 Å². The molecule has 5 N–H and O–H groups in total. The first-order chi connectivity index (χ1) is 5.15. The highest BCUT2D eigenvalue weighted by molar-refractivity contribution is 7.71. The number of nitrogens with two attached hydrogens (primary N) is 1. The maximum absolute atomic E-state index is 11.0. The number of nitrogen functional groups attached to an aromatic ring is 1. The number of H-pyrrole nitrogens is 2. The number of anilines is 2.